The van der Waals surface area contributed by atoms with E-state index in [0.717, 1.165) is 19.3 Å². The van der Waals surface area contributed by atoms with Gasteiger partial charge in [0.15, 0.2) is 9.84 Å². The van der Waals surface area contributed by atoms with Gasteiger partial charge >= 0.3 is 0 Å². The zero-order valence-electron chi connectivity index (χ0n) is 9.86. The molecule has 5 heteroatoms. The van der Waals surface area contributed by atoms with Gasteiger partial charge in [0.2, 0.25) is 0 Å². The summed E-state index contributed by atoms with van der Waals surface area (Å²) < 4.78 is 27.9. The monoisotopic (exact) mass is 276 g/mol. The van der Waals surface area contributed by atoms with E-state index >= 15 is 0 Å². The smallest absolute Gasteiger partial charge is 0.175 e. The molecule has 0 heterocycles. The number of rotatable bonds is 7. The lowest BCUT2D eigenvalue weighted by atomic mass is 10.3. The van der Waals surface area contributed by atoms with E-state index in [2.05, 4.69) is 0 Å². The molecule has 0 aliphatic rings. The molecule has 1 rings (SSSR count). The molecule has 1 aromatic carbocycles. The number of alkyl halides is 1. The summed E-state index contributed by atoms with van der Waals surface area (Å²) in [7, 11) is -3.12. The third-order valence-corrected chi connectivity index (χ3v) is 3.69. The van der Waals surface area contributed by atoms with Gasteiger partial charge in [-0.15, -0.1) is 11.6 Å². The maximum absolute atomic E-state index is 11.2. The van der Waals surface area contributed by atoms with E-state index < -0.39 is 9.84 Å². The Balaban J connectivity index is 2.41. The molecule has 0 saturated carbocycles. The van der Waals surface area contributed by atoms with Crippen molar-refractivity contribution in [1.29, 1.82) is 0 Å². The summed E-state index contributed by atoms with van der Waals surface area (Å²) in [6, 6.07) is 6.47. The third-order valence-electron chi connectivity index (χ3n) is 2.30. The summed E-state index contributed by atoms with van der Waals surface area (Å²) in [6.45, 7) is 0.634. The Morgan fingerprint density at radius 1 is 1.12 bits per heavy atom. The van der Waals surface area contributed by atoms with Gasteiger partial charge in [-0.3, -0.25) is 0 Å². The molecule has 0 amide bonds. The van der Waals surface area contributed by atoms with Crippen LogP contribution in [0.2, 0.25) is 0 Å². The molecule has 0 spiro atoms. The average Bonchev–Trinajstić information content (AvgIpc) is 2.28. The number of hydrogen-bond acceptors (Lipinski definition) is 3. The minimum atomic E-state index is -3.12. The van der Waals surface area contributed by atoms with Crippen LogP contribution in [0.15, 0.2) is 29.2 Å². The minimum absolute atomic E-state index is 0.312. The van der Waals surface area contributed by atoms with Crippen molar-refractivity contribution < 1.29 is 13.2 Å². The molecule has 0 aliphatic carbocycles. The van der Waals surface area contributed by atoms with Crippen molar-refractivity contribution in [3.05, 3.63) is 24.3 Å². The number of unbranched alkanes of at least 4 members (excludes halogenated alkanes) is 2. The first-order valence-electron chi connectivity index (χ1n) is 5.53. The second-order valence-electron chi connectivity index (χ2n) is 3.84. The standard InChI is InChI=1S/C12H17ClO3S/c1-17(14,15)12-7-5-11(6-8-12)16-10-4-2-3-9-13/h5-8H,2-4,9-10H2,1H3. The molecule has 96 valence electrons. The number of sulfone groups is 1. The molecule has 0 N–H and O–H groups in total. The Morgan fingerprint density at radius 3 is 2.29 bits per heavy atom. The van der Waals surface area contributed by atoms with Crippen LogP contribution in [0, 0.1) is 0 Å². The molecule has 3 nitrogen and oxygen atoms in total. The van der Waals surface area contributed by atoms with Gasteiger partial charge in [0, 0.05) is 12.1 Å². The van der Waals surface area contributed by atoms with Gasteiger partial charge in [0.25, 0.3) is 0 Å². The molecule has 1 aromatic rings. The molecule has 0 aliphatic heterocycles. The largest absolute Gasteiger partial charge is 0.494 e. The van der Waals surface area contributed by atoms with Crippen molar-refractivity contribution in [2.24, 2.45) is 0 Å². The number of ether oxygens (including phenoxy) is 1. The maximum atomic E-state index is 11.2. The second-order valence-corrected chi connectivity index (χ2v) is 6.24. The molecule has 0 radical (unpaired) electrons. The zero-order chi connectivity index (χ0) is 12.7. The van der Waals surface area contributed by atoms with Crippen molar-refractivity contribution in [2.75, 3.05) is 18.7 Å². The van der Waals surface area contributed by atoms with Gasteiger partial charge in [-0.25, -0.2) is 8.42 Å². The van der Waals surface area contributed by atoms with E-state index in [-0.39, 0.29) is 0 Å². The predicted molar refractivity (Wildman–Crippen MR) is 69.6 cm³/mol. The minimum Gasteiger partial charge on any atom is -0.494 e. The van der Waals surface area contributed by atoms with Gasteiger partial charge in [-0.05, 0) is 43.5 Å². The van der Waals surface area contributed by atoms with E-state index in [1.165, 1.54) is 6.26 Å². The van der Waals surface area contributed by atoms with Gasteiger partial charge in [0.1, 0.15) is 5.75 Å². The molecule has 0 fully saturated rings. The lowest BCUT2D eigenvalue weighted by molar-refractivity contribution is 0.306. The highest BCUT2D eigenvalue weighted by Crippen LogP contribution is 2.16. The zero-order valence-corrected chi connectivity index (χ0v) is 11.4. The predicted octanol–water partition coefficient (Wildman–Crippen LogP) is 2.88. The summed E-state index contributed by atoms with van der Waals surface area (Å²) in [5, 5.41) is 0. The van der Waals surface area contributed by atoms with Gasteiger partial charge < -0.3 is 4.74 Å². The van der Waals surface area contributed by atoms with Gasteiger partial charge in [-0.2, -0.15) is 0 Å². The SMILES string of the molecule is CS(=O)(=O)c1ccc(OCCCCCCl)cc1. The van der Waals surface area contributed by atoms with Crippen LogP contribution < -0.4 is 4.74 Å². The highest BCUT2D eigenvalue weighted by molar-refractivity contribution is 7.90. The lowest BCUT2D eigenvalue weighted by Gasteiger charge is -2.06. The van der Waals surface area contributed by atoms with Crippen LogP contribution in [0.25, 0.3) is 0 Å². The summed E-state index contributed by atoms with van der Waals surface area (Å²) in [4.78, 5) is 0.312. The third kappa shape index (κ3) is 5.41. The fraction of sp³-hybridized carbons (Fsp3) is 0.500. The Kier molecular flexibility index (Phi) is 5.78. The van der Waals surface area contributed by atoms with Crippen LogP contribution in [0.5, 0.6) is 5.75 Å². The average molecular weight is 277 g/mol. The first kappa shape index (κ1) is 14.3. The topological polar surface area (TPSA) is 43.4 Å². The van der Waals surface area contributed by atoms with Crippen LogP contribution in [-0.4, -0.2) is 27.2 Å². The highest BCUT2D eigenvalue weighted by Gasteiger charge is 2.06. The van der Waals surface area contributed by atoms with Crippen LogP contribution in [-0.2, 0) is 9.84 Å². The highest BCUT2D eigenvalue weighted by atomic mass is 35.5. The van der Waals surface area contributed by atoms with Crippen molar-refractivity contribution >= 4 is 21.4 Å². The van der Waals surface area contributed by atoms with E-state index in [0.29, 0.717) is 23.1 Å². The van der Waals surface area contributed by atoms with E-state index in [9.17, 15) is 8.42 Å². The van der Waals surface area contributed by atoms with Crippen LogP contribution in [0.3, 0.4) is 0 Å². The van der Waals surface area contributed by atoms with E-state index in [1.807, 2.05) is 0 Å². The van der Waals surface area contributed by atoms with E-state index in [1.54, 1.807) is 24.3 Å². The summed E-state index contributed by atoms with van der Waals surface area (Å²) in [5.74, 6) is 1.38. The molecule has 0 atom stereocenters. The Morgan fingerprint density at radius 2 is 1.76 bits per heavy atom. The number of halogens is 1. The van der Waals surface area contributed by atoms with Gasteiger partial charge in [-0.1, -0.05) is 0 Å². The van der Waals surface area contributed by atoms with Gasteiger partial charge in [0.05, 0.1) is 11.5 Å². The Labute approximate surface area is 108 Å². The lowest BCUT2D eigenvalue weighted by Crippen LogP contribution is -1.99. The molecular formula is C12H17ClO3S. The first-order valence-corrected chi connectivity index (χ1v) is 7.95. The molecule has 0 saturated heterocycles. The summed E-state index contributed by atoms with van der Waals surface area (Å²) >= 11 is 5.56. The van der Waals surface area contributed by atoms with Crippen molar-refractivity contribution in [3.63, 3.8) is 0 Å². The molecule has 0 bridgehead atoms. The van der Waals surface area contributed by atoms with Crippen molar-refractivity contribution in [1.82, 2.24) is 0 Å². The normalized spacial score (nSPS) is 11.4. The van der Waals surface area contributed by atoms with Crippen LogP contribution in [0.4, 0.5) is 0 Å². The summed E-state index contributed by atoms with van der Waals surface area (Å²) in [5.41, 5.74) is 0. The first-order chi connectivity index (χ1) is 8.04. The van der Waals surface area contributed by atoms with Crippen LogP contribution in [0.1, 0.15) is 19.3 Å². The van der Waals surface area contributed by atoms with Crippen molar-refractivity contribution in [3.8, 4) is 5.75 Å². The van der Waals surface area contributed by atoms with E-state index in [4.69, 9.17) is 16.3 Å². The fourth-order valence-electron chi connectivity index (χ4n) is 1.35. The fourth-order valence-corrected chi connectivity index (χ4v) is 2.17. The van der Waals surface area contributed by atoms with Crippen molar-refractivity contribution in [2.45, 2.75) is 24.2 Å². The second kappa shape index (κ2) is 6.87. The maximum Gasteiger partial charge on any atom is 0.175 e. The quantitative estimate of drug-likeness (QED) is 0.568. The molecule has 17 heavy (non-hydrogen) atoms. The summed E-state index contributed by atoms with van der Waals surface area (Å²) in [6.07, 6.45) is 4.19. The van der Waals surface area contributed by atoms with Crippen LogP contribution >= 0.6 is 11.6 Å². The molecular weight excluding hydrogens is 260 g/mol. The number of benzene rings is 1. The molecule has 0 unspecified atom stereocenters. The molecule has 0 aromatic heterocycles. The Bertz CT molecular complexity index is 426. The number of hydrogen-bond donors (Lipinski definition) is 0. The Hall–Kier alpha value is -0.740.